The number of rotatable bonds is 9. The molecule has 0 saturated heterocycles. The second-order valence-electron chi connectivity index (χ2n) is 11.1. The molecule has 0 radical (unpaired) electrons. The van der Waals surface area contributed by atoms with Gasteiger partial charge in [-0.05, 0) is 92.0 Å². The van der Waals surface area contributed by atoms with Crippen LogP contribution in [0.25, 0.3) is 22.3 Å². The molecule has 236 valence electrons. The Balaban J connectivity index is 2.05. The van der Waals surface area contributed by atoms with E-state index < -0.39 is 5.79 Å². The van der Waals surface area contributed by atoms with E-state index in [0.717, 1.165) is 51.1 Å². The van der Waals surface area contributed by atoms with Crippen LogP contribution in [0.3, 0.4) is 0 Å². The van der Waals surface area contributed by atoms with Gasteiger partial charge in [-0.2, -0.15) is 0 Å². The summed E-state index contributed by atoms with van der Waals surface area (Å²) >= 11 is 0. The van der Waals surface area contributed by atoms with E-state index >= 15 is 0 Å². The molecule has 0 heterocycles. The number of guanidine groups is 1. The molecule has 3 rings (SSSR count). The van der Waals surface area contributed by atoms with Crippen LogP contribution in [0.1, 0.15) is 49.9 Å². The van der Waals surface area contributed by atoms with Crippen LogP contribution < -0.4 is 38.9 Å². The first-order chi connectivity index (χ1) is 22.0. The van der Waals surface area contributed by atoms with E-state index in [4.69, 9.17) is 22.9 Å². The summed E-state index contributed by atoms with van der Waals surface area (Å²) < 4.78 is 0. The van der Waals surface area contributed by atoms with Gasteiger partial charge in [-0.15, -0.1) is 0 Å². The second kappa shape index (κ2) is 18.1. The zero-order valence-corrected chi connectivity index (χ0v) is 27.1. The summed E-state index contributed by atoms with van der Waals surface area (Å²) in [6, 6.07) is 21.0. The lowest BCUT2D eigenvalue weighted by Crippen LogP contribution is -2.58. The Labute approximate surface area is 274 Å². The number of hydrogen-bond donors (Lipinski definition) is 7. The molecule has 0 aliphatic heterocycles. The van der Waals surface area contributed by atoms with Crippen molar-refractivity contribution in [1.82, 2.24) is 16.0 Å². The maximum absolute atomic E-state index is 5.83. The van der Waals surface area contributed by atoms with Crippen molar-refractivity contribution in [3.63, 3.8) is 0 Å². The Morgan fingerprint density at radius 2 is 1.22 bits per heavy atom. The lowest BCUT2D eigenvalue weighted by molar-refractivity contribution is 0.403. The van der Waals surface area contributed by atoms with Crippen molar-refractivity contribution >= 4 is 5.96 Å². The molecule has 11 N–H and O–H groups in total. The van der Waals surface area contributed by atoms with Gasteiger partial charge >= 0.3 is 0 Å². The molecule has 0 bridgehead atoms. The minimum atomic E-state index is -0.996. The Kier molecular flexibility index (Phi) is 13.9. The first kappa shape index (κ1) is 35.4. The van der Waals surface area contributed by atoms with Crippen molar-refractivity contribution in [2.75, 3.05) is 32.7 Å². The Morgan fingerprint density at radius 1 is 0.717 bits per heavy atom. The van der Waals surface area contributed by atoms with Gasteiger partial charge in [0.25, 0.3) is 0 Å². The maximum atomic E-state index is 5.83. The minimum Gasteiger partial charge on any atom is -0.370 e. The number of nitrogens with one attached hydrogen (secondary N) is 3. The largest absolute Gasteiger partial charge is 0.370 e. The predicted octanol–water partition coefficient (Wildman–Crippen LogP) is 2.49. The Morgan fingerprint density at radius 3 is 1.70 bits per heavy atom. The normalized spacial score (nSPS) is 10.3. The van der Waals surface area contributed by atoms with Crippen molar-refractivity contribution in [1.29, 1.82) is 0 Å². The first-order valence-corrected chi connectivity index (χ1v) is 15.2. The minimum absolute atomic E-state index is 0.0111. The highest BCUT2D eigenvalue weighted by Crippen LogP contribution is 2.29. The highest BCUT2D eigenvalue weighted by atomic mass is 15.2. The standard InChI is InChI=1S/C38H44N8/c1-5-43-17-7-11-29-21-31(13-9-19-45-37(39)40)25-35(23-29)33-15-6-16-34(27-33)36-24-30(12-8-18-44-28(2)3)22-32(26-36)14-10-20-46-38(4,41)42/h6,15-16,21-28,43-44,46H,5,17-20,41-42H2,1-4H3,(H4,39,40,45). The molecule has 46 heavy (non-hydrogen) atoms. The van der Waals surface area contributed by atoms with Crippen molar-refractivity contribution in [3.05, 3.63) is 82.9 Å². The molecule has 0 spiro atoms. The van der Waals surface area contributed by atoms with Crippen molar-refractivity contribution in [3.8, 4) is 69.6 Å². The zero-order chi connectivity index (χ0) is 33.4. The van der Waals surface area contributed by atoms with Crippen molar-refractivity contribution in [2.24, 2.45) is 27.9 Å². The molecule has 0 saturated carbocycles. The maximum Gasteiger partial charge on any atom is 0.186 e. The van der Waals surface area contributed by atoms with Crippen LogP contribution in [-0.4, -0.2) is 50.5 Å². The SMILES string of the molecule is CCNCC#Cc1cc(C#CCN=C(N)N)cc(-c2cccc(-c3cc(C#CCNC(C)C)cc(C#CCNC(C)(N)N)c3)c2)c1. The highest BCUT2D eigenvalue weighted by molar-refractivity contribution is 5.77. The quantitative estimate of drug-likeness (QED) is 0.0645. The molecule has 0 aromatic heterocycles. The van der Waals surface area contributed by atoms with Gasteiger partial charge < -0.3 is 33.6 Å². The van der Waals surface area contributed by atoms with Crippen LogP contribution in [0.15, 0.2) is 65.7 Å². The average molecular weight is 613 g/mol. The summed E-state index contributed by atoms with van der Waals surface area (Å²) in [5.74, 6) is 24.5. The molecule has 8 heteroatoms. The number of nitrogens with two attached hydrogens (primary N) is 4. The van der Waals surface area contributed by atoms with E-state index in [-0.39, 0.29) is 12.5 Å². The molecule has 8 nitrogen and oxygen atoms in total. The fourth-order valence-electron chi connectivity index (χ4n) is 4.14. The molecule has 0 unspecified atom stereocenters. The van der Waals surface area contributed by atoms with Gasteiger partial charge in [0, 0.05) is 28.3 Å². The summed E-state index contributed by atoms with van der Waals surface area (Å²) in [5, 5.41) is 9.55. The number of nitrogens with zero attached hydrogens (tertiary/aromatic N) is 1. The van der Waals surface area contributed by atoms with Gasteiger partial charge in [-0.3, -0.25) is 5.32 Å². The lowest BCUT2D eigenvalue weighted by Gasteiger charge is -2.18. The number of hydrogen-bond acceptors (Lipinski definition) is 6. The smallest absolute Gasteiger partial charge is 0.186 e. The van der Waals surface area contributed by atoms with Gasteiger partial charge in [0.15, 0.2) is 5.96 Å². The van der Waals surface area contributed by atoms with Gasteiger partial charge in [0.05, 0.1) is 19.6 Å². The molecule has 0 amide bonds. The fraction of sp³-hybridized carbons (Fsp3) is 0.289. The predicted molar refractivity (Wildman–Crippen MR) is 192 cm³/mol. The average Bonchev–Trinajstić information content (AvgIpc) is 3.01. The number of aliphatic imine (C=N–C) groups is 1. The molecule has 3 aromatic carbocycles. The third-order valence-electron chi connectivity index (χ3n) is 6.29. The molecular weight excluding hydrogens is 568 g/mol. The third kappa shape index (κ3) is 13.3. The summed E-state index contributed by atoms with van der Waals surface area (Å²) in [7, 11) is 0. The fourth-order valence-corrected chi connectivity index (χ4v) is 4.14. The lowest BCUT2D eigenvalue weighted by atomic mass is 9.95. The van der Waals surface area contributed by atoms with Gasteiger partial charge in [0.1, 0.15) is 12.3 Å². The van der Waals surface area contributed by atoms with Gasteiger partial charge in [-0.25, -0.2) is 4.99 Å². The monoisotopic (exact) mass is 612 g/mol. The van der Waals surface area contributed by atoms with Crippen LogP contribution in [0.5, 0.6) is 0 Å². The zero-order valence-electron chi connectivity index (χ0n) is 27.1. The van der Waals surface area contributed by atoms with Crippen LogP contribution in [0.2, 0.25) is 0 Å². The van der Waals surface area contributed by atoms with Gasteiger partial charge in [-0.1, -0.05) is 72.5 Å². The first-order valence-electron chi connectivity index (χ1n) is 15.2. The topological polar surface area (TPSA) is 153 Å². The van der Waals surface area contributed by atoms with E-state index in [2.05, 4.69) is 125 Å². The van der Waals surface area contributed by atoms with E-state index in [9.17, 15) is 0 Å². The molecule has 0 atom stereocenters. The van der Waals surface area contributed by atoms with Crippen LogP contribution in [-0.2, 0) is 0 Å². The summed E-state index contributed by atoms with van der Waals surface area (Å²) in [4.78, 5) is 3.96. The number of benzene rings is 3. The van der Waals surface area contributed by atoms with E-state index in [1.807, 2.05) is 24.3 Å². The van der Waals surface area contributed by atoms with Crippen molar-refractivity contribution < 1.29 is 0 Å². The van der Waals surface area contributed by atoms with Crippen LogP contribution in [0.4, 0.5) is 0 Å². The van der Waals surface area contributed by atoms with E-state index in [1.54, 1.807) is 6.92 Å². The molecule has 3 aromatic rings. The van der Waals surface area contributed by atoms with E-state index in [0.29, 0.717) is 25.7 Å². The summed E-state index contributed by atoms with van der Waals surface area (Å²) in [5.41, 5.74) is 30.0. The molecular formula is C38H44N8. The second-order valence-corrected chi connectivity index (χ2v) is 11.1. The Bertz CT molecular complexity index is 1760. The molecule has 0 aliphatic carbocycles. The van der Waals surface area contributed by atoms with E-state index in [1.165, 1.54) is 0 Å². The highest BCUT2D eigenvalue weighted by Gasteiger charge is 2.08. The summed E-state index contributed by atoms with van der Waals surface area (Å²) in [6.07, 6.45) is 0. The van der Waals surface area contributed by atoms with Crippen molar-refractivity contribution in [2.45, 2.75) is 39.5 Å². The third-order valence-corrected chi connectivity index (χ3v) is 6.29. The molecule has 0 fully saturated rings. The van der Waals surface area contributed by atoms with Crippen LogP contribution >= 0.6 is 0 Å². The van der Waals surface area contributed by atoms with Gasteiger partial charge in [0.2, 0.25) is 0 Å². The molecule has 0 aliphatic rings. The summed E-state index contributed by atoms with van der Waals surface area (Å²) in [6.45, 7) is 10.6. The Hall–Kier alpha value is -5.03. The van der Waals surface area contributed by atoms with Crippen LogP contribution in [0, 0.1) is 47.4 Å².